The number of carbonyl (C=O) groups excluding carboxylic acids is 1. The summed E-state index contributed by atoms with van der Waals surface area (Å²) >= 11 is 0. The first-order valence-corrected chi connectivity index (χ1v) is 9.71. The molecule has 29 heavy (non-hydrogen) atoms. The highest BCUT2D eigenvalue weighted by atomic mass is 16.3. The zero-order chi connectivity index (χ0) is 20.2. The molecule has 3 aromatic rings. The van der Waals surface area contributed by atoms with Crippen molar-refractivity contribution >= 4 is 12.1 Å². The van der Waals surface area contributed by atoms with Gasteiger partial charge in [-0.05, 0) is 59.4 Å². The average molecular weight is 385 g/mol. The van der Waals surface area contributed by atoms with Crippen molar-refractivity contribution in [1.29, 1.82) is 0 Å². The van der Waals surface area contributed by atoms with E-state index in [4.69, 9.17) is 0 Å². The Morgan fingerprint density at radius 1 is 1.14 bits per heavy atom. The van der Waals surface area contributed by atoms with E-state index in [1.54, 1.807) is 12.3 Å². The summed E-state index contributed by atoms with van der Waals surface area (Å²) in [6.07, 6.45) is 3.98. The van der Waals surface area contributed by atoms with Crippen molar-refractivity contribution in [2.75, 3.05) is 6.61 Å². The number of benzene rings is 2. The molecule has 0 saturated carbocycles. The molecule has 1 atom stereocenters. The summed E-state index contributed by atoms with van der Waals surface area (Å²) in [6.45, 7) is 2.72. The second-order valence-electron chi connectivity index (χ2n) is 7.27. The van der Waals surface area contributed by atoms with Gasteiger partial charge in [-0.3, -0.25) is 14.8 Å². The number of pyridine rings is 1. The Bertz CT molecular complexity index is 1080. The average Bonchev–Trinajstić information content (AvgIpc) is 3.21. The fourth-order valence-electron chi connectivity index (χ4n) is 3.59. The Morgan fingerprint density at radius 3 is 2.83 bits per heavy atom. The Hall–Kier alpha value is -3.31. The monoisotopic (exact) mass is 385 g/mol. The molecule has 2 aromatic carbocycles. The van der Waals surface area contributed by atoms with Gasteiger partial charge < -0.3 is 10.4 Å². The number of carbonyl (C=O) groups is 1. The molecule has 1 amide bonds. The van der Waals surface area contributed by atoms with E-state index in [2.05, 4.69) is 27.4 Å². The number of hydrogen-bond donors (Lipinski definition) is 2. The molecule has 146 valence electrons. The number of nitrogens with one attached hydrogen (secondary N) is 1. The molecule has 0 radical (unpaired) electrons. The molecule has 1 aliphatic heterocycles. The van der Waals surface area contributed by atoms with Crippen molar-refractivity contribution in [3.63, 3.8) is 0 Å². The number of fused-ring (bicyclic) bond motifs is 1. The molecule has 4 rings (SSSR count). The van der Waals surface area contributed by atoms with E-state index < -0.39 is 0 Å². The summed E-state index contributed by atoms with van der Waals surface area (Å²) in [5.41, 5.74) is 6.73. The highest BCUT2D eigenvalue weighted by Gasteiger charge is 2.17. The van der Waals surface area contributed by atoms with Crippen molar-refractivity contribution < 1.29 is 9.90 Å². The number of rotatable bonds is 6. The third-order valence-corrected chi connectivity index (χ3v) is 5.13. The third-order valence-electron chi connectivity index (χ3n) is 5.13. The summed E-state index contributed by atoms with van der Waals surface area (Å²) in [5, 5.41) is 12.5. The summed E-state index contributed by atoms with van der Waals surface area (Å²) in [4.78, 5) is 21.4. The van der Waals surface area contributed by atoms with E-state index >= 15 is 0 Å². The van der Waals surface area contributed by atoms with Crippen molar-refractivity contribution in [3.8, 4) is 11.1 Å². The van der Waals surface area contributed by atoms with E-state index in [9.17, 15) is 9.90 Å². The van der Waals surface area contributed by atoms with Crippen LogP contribution in [0.4, 0.5) is 0 Å². The number of aliphatic hydroxyl groups is 1. The maximum atomic E-state index is 12.9. The van der Waals surface area contributed by atoms with Crippen LogP contribution < -0.4 is 5.32 Å². The number of aryl methyl sites for hydroxylation is 1. The molecule has 1 aromatic heterocycles. The molecular weight excluding hydrogens is 362 g/mol. The summed E-state index contributed by atoms with van der Waals surface area (Å²) in [6, 6.07) is 17.6. The van der Waals surface area contributed by atoms with E-state index in [-0.39, 0.29) is 18.6 Å². The van der Waals surface area contributed by atoms with Gasteiger partial charge in [-0.1, -0.05) is 42.0 Å². The lowest BCUT2D eigenvalue weighted by atomic mass is 10.00. The van der Waals surface area contributed by atoms with Crippen LogP contribution in [0.15, 0.2) is 65.8 Å². The largest absolute Gasteiger partial charge is 0.396 e. The highest BCUT2D eigenvalue weighted by Crippen LogP contribution is 2.25. The topological polar surface area (TPSA) is 74.6 Å². The quantitative estimate of drug-likeness (QED) is 0.677. The van der Waals surface area contributed by atoms with Gasteiger partial charge in [-0.2, -0.15) is 0 Å². The minimum atomic E-state index is -0.269. The highest BCUT2D eigenvalue weighted by molar-refractivity contribution is 5.94. The molecule has 2 heterocycles. The van der Waals surface area contributed by atoms with Crippen LogP contribution in [0.1, 0.15) is 45.2 Å². The Balaban J connectivity index is 1.57. The van der Waals surface area contributed by atoms with Crippen LogP contribution in [0.25, 0.3) is 11.1 Å². The minimum Gasteiger partial charge on any atom is -0.396 e. The van der Waals surface area contributed by atoms with Crippen LogP contribution in [-0.4, -0.2) is 28.8 Å². The maximum absolute atomic E-state index is 12.9. The lowest BCUT2D eigenvalue weighted by Gasteiger charge is -2.19. The van der Waals surface area contributed by atoms with E-state index in [0.29, 0.717) is 12.1 Å². The van der Waals surface area contributed by atoms with Gasteiger partial charge >= 0.3 is 0 Å². The van der Waals surface area contributed by atoms with Gasteiger partial charge in [-0.25, -0.2) is 0 Å². The molecule has 0 spiro atoms. The van der Waals surface area contributed by atoms with Crippen molar-refractivity contribution in [2.45, 2.75) is 25.9 Å². The third kappa shape index (κ3) is 4.25. The van der Waals surface area contributed by atoms with Gasteiger partial charge in [0.2, 0.25) is 0 Å². The molecule has 1 aliphatic rings. The van der Waals surface area contributed by atoms with Gasteiger partial charge in [0.25, 0.3) is 5.91 Å². The van der Waals surface area contributed by atoms with Crippen molar-refractivity contribution in [3.05, 3.63) is 88.7 Å². The molecule has 0 fully saturated rings. The predicted octanol–water partition coefficient (Wildman–Crippen LogP) is 3.84. The Labute approximate surface area is 170 Å². The fraction of sp³-hybridized carbons (Fsp3) is 0.208. The number of aromatic nitrogens is 1. The Morgan fingerprint density at radius 2 is 2.00 bits per heavy atom. The van der Waals surface area contributed by atoms with Crippen LogP contribution in [0.3, 0.4) is 0 Å². The summed E-state index contributed by atoms with van der Waals surface area (Å²) in [7, 11) is 0. The standard InChI is InChI=1S/C24H23N3O2/c1-16-3-2-4-19(11-16)22(8-10-28)27-24(29)23-13-18(7-9-26-23)17-5-6-20-14-25-15-21(20)12-17/h2-7,9,11-13,15,22,28H,8,10,14H2,1H3,(H,27,29). The molecule has 0 bridgehead atoms. The van der Waals surface area contributed by atoms with Crippen LogP contribution >= 0.6 is 0 Å². The number of nitrogens with zero attached hydrogens (tertiary/aromatic N) is 2. The van der Waals surface area contributed by atoms with E-state index in [1.807, 2.05) is 49.5 Å². The van der Waals surface area contributed by atoms with E-state index in [0.717, 1.165) is 34.4 Å². The first-order valence-electron chi connectivity index (χ1n) is 9.71. The minimum absolute atomic E-state index is 0.0109. The van der Waals surface area contributed by atoms with Crippen molar-refractivity contribution in [2.24, 2.45) is 4.99 Å². The first kappa shape index (κ1) is 19.0. The number of aliphatic imine (C=N–C) groups is 1. The molecule has 1 unspecified atom stereocenters. The number of aliphatic hydroxyl groups excluding tert-OH is 1. The maximum Gasteiger partial charge on any atom is 0.270 e. The number of amides is 1. The van der Waals surface area contributed by atoms with Crippen LogP contribution in [0.2, 0.25) is 0 Å². The predicted molar refractivity (Wildman–Crippen MR) is 114 cm³/mol. The lowest BCUT2D eigenvalue weighted by molar-refractivity contribution is 0.0925. The molecule has 0 aliphatic carbocycles. The fourth-order valence-corrected chi connectivity index (χ4v) is 3.59. The van der Waals surface area contributed by atoms with Crippen LogP contribution in [0, 0.1) is 6.92 Å². The zero-order valence-electron chi connectivity index (χ0n) is 16.3. The van der Waals surface area contributed by atoms with Gasteiger partial charge in [0.15, 0.2) is 0 Å². The second-order valence-corrected chi connectivity index (χ2v) is 7.27. The molecule has 5 nitrogen and oxygen atoms in total. The lowest BCUT2D eigenvalue weighted by Crippen LogP contribution is -2.30. The normalized spacial score (nSPS) is 13.2. The van der Waals surface area contributed by atoms with Crippen LogP contribution in [0.5, 0.6) is 0 Å². The number of hydrogen-bond acceptors (Lipinski definition) is 4. The van der Waals surface area contributed by atoms with E-state index in [1.165, 1.54) is 5.56 Å². The Kier molecular flexibility index (Phi) is 5.49. The van der Waals surface area contributed by atoms with Gasteiger partial charge in [-0.15, -0.1) is 0 Å². The summed E-state index contributed by atoms with van der Waals surface area (Å²) < 4.78 is 0. The van der Waals surface area contributed by atoms with Crippen molar-refractivity contribution in [1.82, 2.24) is 10.3 Å². The van der Waals surface area contributed by atoms with Gasteiger partial charge in [0, 0.05) is 19.0 Å². The van der Waals surface area contributed by atoms with Gasteiger partial charge in [0.1, 0.15) is 5.69 Å². The summed E-state index contributed by atoms with van der Waals surface area (Å²) in [5.74, 6) is -0.255. The second kappa shape index (κ2) is 8.37. The first-order chi connectivity index (χ1) is 14.1. The zero-order valence-corrected chi connectivity index (χ0v) is 16.3. The molecule has 5 heteroatoms. The smallest absolute Gasteiger partial charge is 0.270 e. The van der Waals surface area contributed by atoms with Crippen LogP contribution in [-0.2, 0) is 6.54 Å². The molecular formula is C24H23N3O2. The molecule has 2 N–H and O–H groups in total. The molecule has 0 saturated heterocycles. The van der Waals surface area contributed by atoms with Gasteiger partial charge in [0.05, 0.1) is 12.6 Å². The SMILES string of the molecule is Cc1cccc(C(CCO)NC(=O)c2cc(-c3ccc4c(c3)C=NC4)ccn2)c1.